The van der Waals surface area contributed by atoms with E-state index in [0.29, 0.717) is 18.1 Å². The fourth-order valence-corrected chi connectivity index (χ4v) is 2.74. The Bertz CT molecular complexity index is 344. The third-order valence-electron chi connectivity index (χ3n) is 3.43. The Balaban J connectivity index is 1.87. The van der Waals surface area contributed by atoms with Crippen molar-refractivity contribution in [3.63, 3.8) is 0 Å². The Morgan fingerprint density at radius 3 is 2.67 bits per heavy atom. The van der Waals surface area contributed by atoms with Crippen LogP contribution >= 0.6 is 11.6 Å². The predicted molar refractivity (Wildman–Crippen MR) is 76.0 cm³/mol. The van der Waals surface area contributed by atoms with Gasteiger partial charge in [0.25, 0.3) is 0 Å². The van der Waals surface area contributed by atoms with Crippen molar-refractivity contribution >= 4 is 11.6 Å². The van der Waals surface area contributed by atoms with Gasteiger partial charge in [-0.15, -0.1) is 11.6 Å². The zero-order chi connectivity index (χ0) is 12.8. The molecule has 100 valence electrons. The van der Waals surface area contributed by atoms with Crippen molar-refractivity contribution in [2.24, 2.45) is 0 Å². The highest BCUT2D eigenvalue weighted by atomic mass is 35.5. The van der Waals surface area contributed by atoms with Crippen LogP contribution in [-0.4, -0.2) is 36.1 Å². The molecule has 1 fully saturated rings. The van der Waals surface area contributed by atoms with E-state index < -0.39 is 0 Å². The summed E-state index contributed by atoms with van der Waals surface area (Å²) < 4.78 is 5.89. The maximum Gasteiger partial charge on any atom is 0.0706 e. The van der Waals surface area contributed by atoms with Gasteiger partial charge in [-0.2, -0.15) is 0 Å². The van der Waals surface area contributed by atoms with Crippen LogP contribution in [0.1, 0.15) is 25.3 Å². The minimum Gasteiger partial charge on any atom is -0.374 e. The van der Waals surface area contributed by atoms with E-state index in [1.807, 2.05) is 0 Å². The Kier molecular flexibility index (Phi) is 5.48. The molecule has 0 aromatic heterocycles. The van der Waals surface area contributed by atoms with Crippen molar-refractivity contribution in [1.29, 1.82) is 0 Å². The number of hydrogen-bond donors (Lipinski definition) is 0. The van der Waals surface area contributed by atoms with Crippen molar-refractivity contribution in [1.82, 2.24) is 4.90 Å². The standard InChI is InChI=1S/C15H22ClNO/c1-13-7-8-15(18-13)12-17(10-9-16)11-14-5-3-2-4-6-14/h2-6,13,15H,7-12H2,1H3. The molecule has 3 heteroatoms. The Hall–Kier alpha value is -0.570. The summed E-state index contributed by atoms with van der Waals surface area (Å²) in [5, 5.41) is 0. The lowest BCUT2D eigenvalue weighted by Gasteiger charge is -2.24. The molecule has 1 aromatic carbocycles. The van der Waals surface area contributed by atoms with Crippen LogP contribution in [0.4, 0.5) is 0 Å². The maximum absolute atomic E-state index is 5.89. The van der Waals surface area contributed by atoms with Crippen LogP contribution in [0.25, 0.3) is 0 Å². The Morgan fingerprint density at radius 1 is 1.28 bits per heavy atom. The SMILES string of the molecule is CC1CCC(CN(CCCl)Cc2ccccc2)O1. The first-order valence-electron chi connectivity index (χ1n) is 6.75. The van der Waals surface area contributed by atoms with Crippen LogP contribution in [0.3, 0.4) is 0 Å². The average Bonchev–Trinajstić information content (AvgIpc) is 2.76. The van der Waals surface area contributed by atoms with Crippen molar-refractivity contribution in [3.8, 4) is 0 Å². The summed E-state index contributed by atoms with van der Waals surface area (Å²) in [4.78, 5) is 2.39. The van der Waals surface area contributed by atoms with E-state index in [0.717, 1.165) is 19.6 Å². The molecule has 0 bridgehead atoms. The molecule has 0 aliphatic carbocycles. The number of alkyl halides is 1. The lowest BCUT2D eigenvalue weighted by atomic mass is 10.1. The molecule has 18 heavy (non-hydrogen) atoms. The first-order chi connectivity index (χ1) is 8.78. The molecule has 1 aliphatic heterocycles. The molecule has 1 heterocycles. The monoisotopic (exact) mass is 267 g/mol. The zero-order valence-electron chi connectivity index (χ0n) is 11.0. The molecule has 1 saturated heterocycles. The van der Waals surface area contributed by atoms with Crippen molar-refractivity contribution in [3.05, 3.63) is 35.9 Å². The van der Waals surface area contributed by atoms with Gasteiger partial charge in [-0.1, -0.05) is 30.3 Å². The van der Waals surface area contributed by atoms with E-state index in [4.69, 9.17) is 16.3 Å². The van der Waals surface area contributed by atoms with Gasteiger partial charge < -0.3 is 4.74 Å². The summed E-state index contributed by atoms with van der Waals surface area (Å²) in [6, 6.07) is 10.6. The molecule has 0 N–H and O–H groups in total. The number of halogens is 1. The molecule has 2 unspecified atom stereocenters. The molecule has 0 radical (unpaired) electrons. The highest BCUT2D eigenvalue weighted by Gasteiger charge is 2.23. The third-order valence-corrected chi connectivity index (χ3v) is 3.60. The summed E-state index contributed by atoms with van der Waals surface area (Å²) in [5.41, 5.74) is 1.34. The second-order valence-electron chi connectivity index (χ2n) is 5.06. The molecule has 2 atom stereocenters. The molecular weight excluding hydrogens is 246 g/mol. The first-order valence-corrected chi connectivity index (χ1v) is 7.29. The van der Waals surface area contributed by atoms with Crippen LogP contribution in [0.2, 0.25) is 0 Å². The lowest BCUT2D eigenvalue weighted by Crippen LogP contribution is -2.33. The maximum atomic E-state index is 5.89. The van der Waals surface area contributed by atoms with E-state index >= 15 is 0 Å². The topological polar surface area (TPSA) is 12.5 Å². The smallest absolute Gasteiger partial charge is 0.0706 e. The minimum atomic E-state index is 0.381. The minimum absolute atomic E-state index is 0.381. The summed E-state index contributed by atoms with van der Waals surface area (Å²) in [7, 11) is 0. The molecule has 0 amide bonds. The van der Waals surface area contributed by atoms with Gasteiger partial charge in [-0.05, 0) is 25.3 Å². The Morgan fingerprint density at radius 2 is 2.06 bits per heavy atom. The van der Waals surface area contributed by atoms with Crippen LogP contribution in [0, 0.1) is 0 Å². The van der Waals surface area contributed by atoms with E-state index in [1.165, 1.54) is 18.4 Å². The summed E-state index contributed by atoms with van der Waals surface area (Å²) >= 11 is 5.89. The van der Waals surface area contributed by atoms with Gasteiger partial charge in [0.05, 0.1) is 12.2 Å². The van der Waals surface area contributed by atoms with Crippen molar-refractivity contribution in [2.75, 3.05) is 19.0 Å². The molecule has 2 nitrogen and oxygen atoms in total. The summed E-state index contributed by atoms with van der Waals surface area (Å²) in [5.74, 6) is 0.676. The quantitative estimate of drug-likeness (QED) is 0.734. The Labute approximate surface area is 115 Å². The fourth-order valence-electron chi connectivity index (χ4n) is 2.50. The van der Waals surface area contributed by atoms with Gasteiger partial charge in [0.1, 0.15) is 0 Å². The highest BCUT2D eigenvalue weighted by molar-refractivity contribution is 6.18. The van der Waals surface area contributed by atoms with Crippen LogP contribution in [0.15, 0.2) is 30.3 Å². The summed E-state index contributed by atoms with van der Waals surface area (Å²) in [6.07, 6.45) is 3.16. The van der Waals surface area contributed by atoms with E-state index in [9.17, 15) is 0 Å². The van der Waals surface area contributed by atoms with Crippen molar-refractivity contribution in [2.45, 2.75) is 38.5 Å². The second-order valence-corrected chi connectivity index (χ2v) is 5.43. The molecule has 0 spiro atoms. The van der Waals surface area contributed by atoms with Gasteiger partial charge >= 0.3 is 0 Å². The number of benzene rings is 1. The number of ether oxygens (including phenoxy) is 1. The summed E-state index contributed by atoms with van der Waals surface area (Å²) in [6.45, 7) is 5.03. The van der Waals surface area contributed by atoms with Gasteiger partial charge in [-0.3, -0.25) is 4.90 Å². The normalized spacial score (nSPS) is 23.7. The number of nitrogens with zero attached hydrogens (tertiary/aromatic N) is 1. The van der Waals surface area contributed by atoms with Gasteiger partial charge in [-0.25, -0.2) is 0 Å². The average molecular weight is 268 g/mol. The first kappa shape index (κ1) is 13.9. The molecule has 2 rings (SSSR count). The largest absolute Gasteiger partial charge is 0.374 e. The molecule has 0 saturated carbocycles. The molecular formula is C15H22ClNO. The third kappa shape index (κ3) is 4.27. The molecule has 1 aliphatic rings. The highest BCUT2D eigenvalue weighted by Crippen LogP contribution is 2.20. The predicted octanol–water partition coefficient (Wildman–Crippen LogP) is 3.29. The van der Waals surface area contributed by atoms with E-state index in [1.54, 1.807) is 0 Å². The van der Waals surface area contributed by atoms with E-state index in [2.05, 4.69) is 42.2 Å². The zero-order valence-corrected chi connectivity index (χ0v) is 11.8. The molecule has 1 aromatic rings. The van der Waals surface area contributed by atoms with Crippen molar-refractivity contribution < 1.29 is 4.74 Å². The van der Waals surface area contributed by atoms with Gasteiger partial charge in [0.15, 0.2) is 0 Å². The van der Waals surface area contributed by atoms with Crippen LogP contribution < -0.4 is 0 Å². The van der Waals surface area contributed by atoms with Crippen LogP contribution in [-0.2, 0) is 11.3 Å². The van der Waals surface area contributed by atoms with Crippen LogP contribution in [0.5, 0.6) is 0 Å². The van der Waals surface area contributed by atoms with Gasteiger partial charge in [0.2, 0.25) is 0 Å². The van der Waals surface area contributed by atoms with E-state index in [-0.39, 0.29) is 0 Å². The number of rotatable bonds is 6. The van der Waals surface area contributed by atoms with Gasteiger partial charge in [0, 0.05) is 25.5 Å². The lowest BCUT2D eigenvalue weighted by molar-refractivity contribution is 0.0310. The second kappa shape index (κ2) is 7.13. The number of hydrogen-bond acceptors (Lipinski definition) is 2. The fraction of sp³-hybridized carbons (Fsp3) is 0.600.